The van der Waals surface area contributed by atoms with Crippen LogP contribution in [0.25, 0.3) is 5.57 Å². The lowest BCUT2D eigenvalue weighted by atomic mass is 9.98. The Hall–Kier alpha value is -2.17. The van der Waals surface area contributed by atoms with Crippen LogP contribution in [0.1, 0.15) is 45.1 Å². The quantitative estimate of drug-likeness (QED) is 0.768. The summed E-state index contributed by atoms with van der Waals surface area (Å²) in [5.74, 6) is -0.314. The zero-order valence-corrected chi connectivity index (χ0v) is 14.9. The molecule has 5 heteroatoms. The second-order valence-corrected chi connectivity index (χ2v) is 7.04. The maximum absolute atomic E-state index is 13.3. The summed E-state index contributed by atoms with van der Waals surface area (Å²) < 4.78 is 13.3. The van der Waals surface area contributed by atoms with Crippen molar-refractivity contribution in [1.29, 1.82) is 0 Å². The molecular weight excluding hydrogens is 319 g/mol. The lowest BCUT2D eigenvalue weighted by Crippen LogP contribution is -2.39. The van der Waals surface area contributed by atoms with E-state index >= 15 is 0 Å². The highest BCUT2D eigenvalue weighted by molar-refractivity contribution is 6.35. The Kier molecular flexibility index (Phi) is 5.21. The van der Waals surface area contributed by atoms with Gasteiger partial charge in [0, 0.05) is 19.6 Å². The smallest absolute Gasteiger partial charge is 0.277 e. The molecule has 0 N–H and O–H groups in total. The summed E-state index contributed by atoms with van der Waals surface area (Å²) in [6.07, 6.45) is 3.85. The third-order valence-electron chi connectivity index (χ3n) is 4.98. The van der Waals surface area contributed by atoms with E-state index in [1.54, 1.807) is 12.1 Å². The predicted molar refractivity (Wildman–Crippen MR) is 94.9 cm³/mol. The minimum absolute atomic E-state index is 0.202. The summed E-state index contributed by atoms with van der Waals surface area (Å²) >= 11 is 0. The van der Waals surface area contributed by atoms with Gasteiger partial charge < -0.3 is 4.90 Å². The summed E-state index contributed by atoms with van der Waals surface area (Å²) in [7, 11) is 0. The van der Waals surface area contributed by atoms with Gasteiger partial charge in [0.2, 0.25) is 0 Å². The molecule has 25 heavy (non-hydrogen) atoms. The van der Waals surface area contributed by atoms with Crippen LogP contribution in [0.4, 0.5) is 4.39 Å². The van der Waals surface area contributed by atoms with Crippen molar-refractivity contribution in [2.75, 3.05) is 19.6 Å². The average molecular weight is 344 g/mol. The number of rotatable bonds is 5. The second-order valence-electron chi connectivity index (χ2n) is 7.04. The van der Waals surface area contributed by atoms with Gasteiger partial charge in [0.1, 0.15) is 11.5 Å². The van der Waals surface area contributed by atoms with Crippen LogP contribution in [0.3, 0.4) is 0 Å². The molecule has 1 aromatic carbocycles. The molecule has 2 aliphatic heterocycles. The minimum Gasteiger partial charge on any atom is -0.366 e. The third kappa shape index (κ3) is 3.46. The largest absolute Gasteiger partial charge is 0.366 e. The van der Waals surface area contributed by atoms with Crippen LogP contribution in [0.5, 0.6) is 0 Å². The van der Waals surface area contributed by atoms with Crippen molar-refractivity contribution in [3.8, 4) is 0 Å². The fraction of sp³-hybridized carbons (Fsp3) is 0.500. The van der Waals surface area contributed by atoms with E-state index in [2.05, 4.69) is 11.8 Å². The number of amides is 2. The van der Waals surface area contributed by atoms with Crippen molar-refractivity contribution < 1.29 is 14.0 Å². The lowest BCUT2D eigenvalue weighted by Gasteiger charge is -2.33. The Morgan fingerprint density at radius 1 is 1.16 bits per heavy atom. The van der Waals surface area contributed by atoms with Crippen LogP contribution in [0.2, 0.25) is 0 Å². The molecule has 1 saturated heterocycles. The molecule has 0 aliphatic carbocycles. The van der Waals surface area contributed by atoms with Crippen molar-refractivity contribution in [2.24, 2.45) is 5.92 Å². The van der Waals surface area contributed by atoms with Crippen LogP contribution >= 0.6 is 0 Å². The Morgan fingerprint density at radius 2 is 1.88 bits per heavy atom. The van der Waals surface area contributed by atoms with Crippen LogP contribution in [0, 0.1) is 11.7 Å². The van der Waals surface area contributed by atoms with E-state index in [0.29, 0.717) is 29.3 Å². The molecule has 134 valence electrons. The number of hydrogen-bond acceptors (Lipinski definition) is 3. The van der Waals surface area contributed by atoms with Gasteiger partial charge in [-0.1, -0.05) is 32.4 Å². The fourth-order valence-corrected chi connectivity index (χ4v) is 3.65. The van der Waals surface area contributed by atoms with Gasteiger partial charge in [-0.05, 0) is 42.9 Å². The number of benzene rings is 1. The number of carbonyl (C=O) groups is 2. The number of halogens is 1. The normalized spacial score (nSPS) is 21.5. The summed E-state index contributed by atoms with van der Waals surface area (Å²) in [4.78, 5) is 29.4. The molecule has 1 fully saturated rings. The molecule has 2 aliphatic rings. The Labute approximate surface area is 148 Å². The average Bonchev–Trinajstić information content (AvgIpc) is 2.84. The molecule has 1 unspecified atom stereocenters. The van der Waals surface area contributed by atoms with Gasteiger partial charge in [-0.15, -0.1) is 0 Å². The van der Waals surface area contributed by atoms with Gasteiger partial charge in [-0.25, -0.2) is 4.39 Å². The van der Waals surface area contributed by atoms with Gasteiger partial charge in [0.05, 0.1) is 5.57 Å². The molecule has 0 aromatic heterocycles. The molecule has 4 nitrogen and oxygen atoms in total. The SMILES string of the molecule is CCCCN1C(=O)C(c2ccc(F)cc2)=C(N2CCCC(C)C2)C1=O. The maximum Gasteiger partial charge on any atom is 0.277 e. The summed E-state index contributed by atoms with van der Waals surface area (Å²) in [6.45, 7) is 6.20. The van der Waals surface area contributed by atoms with Crippen LogP contribution in [-0.4, -0.2) is 41.2 Å². The summed E-state index contributed by atoms with van der Waals surface area (Å²) in [5.41, 5.74) is 1.54. The number of likely N-dealkylation sites (tertiary alicyclic amines) is 1. The fourth-order valence-electron chi connectivity index (χ4n) is 3.65. The second kappa shape index (κ2) is 7.38. The highest BCUT2D eigenvalue weighted by Crippen LogP contribution is 2.34. The zero-order valence-electron chi connectivity index (χ0n) is 14.9. The van der Waals surface area contributed by atoms with Crippen LogP contribution in [0.15, 0.2) is 30.0 Å². The predicted octanol–water partition coefficient (Wildman–Crippen LogP) is 3.44. The number of unbranched alkanes of at least 4 members (excludes halogenated alkanes) is 1. The molecule has 2 heterocycles. The van der Waals surface area contributed by atoms with E-state index in [1.807, 2.05) is 6.92 Å². The van der Waals surface area contributed by atoms with E-state index < -0.39 is 0 Å². The highest BCUT2D eigenvalue weighted by Gasteiger charge is 2.41. The molecule has 0 saturated carbocycles. The first-order chi connectivity index (χ1) is 12.0. The van der Waals surface area contributed by atoms with Gasteiger partial charge in [-0.3, -0.25) is 14.5 Å². The highest BCUT2D eigenvalue weighted by atomic mass is 19.1. The Balaban J connectivity index is 2.02. The molecule has 3 rings (SSSR count). The van der Waals surface area contributed by atoms with E-state index in [4.69, 9.17) is 0 Å². The summed E-state index contributed by atoms with van der Waals surface area (Å²) in [5, 5.41) is 0. The molecular formula is C20H25FN2O2. The van der Waals surface area contributed by atoms with Crippen molar-refractivity contribution >= 4 is 17.4 Å². The Bertz CT molecular complexity index is 696. The van der Waals surface area contributed by atoms with Crippen molar-refractivity contribution in [2.45, 2.75) is 39.5 Å². The monoisotopic (exact) mass is 344 g/mol. The van der Waals surface area contributed by atoms with Gasteiger partial charge in [-0.2, -0.15) is 0 Å². The minimum atomic E-state index is -0.350. The number of carbonyl (C=O) groups excluding carboxylic acids is 2. The Morgan fingerprint density at radius 3 is 2.52 bits per heavy atom. The third-order valence-corrected chi connectivity index (χ3v) is 4.98. The van der Waals surface area contributed by atoms with Crippen molar-refractivity contribution in [1.82, 2.24) is 9.80 Å². The molecule has 1 atom stereocenters. The first-order valence-electron chi connectivity index (χ1n) is 9.14. The molecule has 0 spiro atoms. The first kappa shape index (κ1) is 17.6. The van der Waals surface area contributed by atoms with Crippen LogP contribution in [-0.2, 0) is 9.59 Å². The zero-order chi connectivity index (χ0) is 18.0. The molecule has 0 radical (unpaired) electrons. The van der Waals surface area contributed by atoms with Gasteiger partial charge >= 0.3 is 0 Å². The summed E-state index contributed by atoms with van der Waals surface area (Å²) in [6, 6.07) is 5.86. The van der Waals surface area contributed by atoms with E-state index in [0.717, 1.165) is 38.8 Å². The maximum atomic E-state index is 13.3. The van der Waals surface area contributed by atoms with E-state index in [-0.39, 0.29) is 17.6 Å². The van der Waals surface area contributed by atoms with E-state index in [1.165, 1.54) is 17.0 Å². The van der Waals surface area contributed by atoms with Gasteiger partial charge in [0.15, 0.2) is 0 Å². The number of hydrogen-bond donors (Lipinski definition) is 0. The van der Waals surface area contributed by atoms with Crippen molar-refractivity contribution in [3.63, 3.8) is 0 Å². The number of nitrogens with zero attached hydrogens (tertiary/aromatic N) is 2. The lowest BCUT2D eigenvalue weighted by molar-refractivity contribution is -0.137. The van der Waals surface area contributed by atoms with E-state index in [9.17, 15) is 14.0 Å². The van der Waals surface area contributed by atoms with Crippen LogP contribution < -0.4 is 0 Å². The number of piperidine rings is 1. The topological polar surface area (TPSA) is 40.6 Å². The standard InChI is InChI=1S/C20H25FN2O2/c1-3-4-12-23-19(24)17(15-7-9-16(21)10-8-15)18(20(23)25)22-11-5-6-14(2)13-22/h7-10,14H,3-6,11-13H2,1-2H3. The first-order valence-corrected chi connectivity index (χ1v) is 9.14. The van der Waals surface area contributed by atoms with Crippen molar-refractivity contribution in [3.05, 3.63) is 41.3 Å². The molecule has 2 amide bonds. The molecule has 1 aromatic rings. The molecule has 0 bridgehead atoms. The van der Waals surface area contributed by atoms with Gasteiger partial charge in [0.25, 0.3) is 11.8 Å². The number of imide groups is 1.